The Morgan fingerprint density at radius 2 is 2.17 bits per heavy atom. The zero-order valence-corrected chi connectivity index (χ0v) is 10.8. The van der Waals surface area contributed by atoms with Crippen molar-refractivity contribution in [2.24, 2.45) is 0 Å². The zero-order valence-electron chi connectivity index (χ0n) is 10.8. The minimum Gasteiger partial charge on any atom is -0.480 e. The normalized spacial score (nSPS) is 21.3. The van der Waals surface area contributed by atoms with E-state index in [1.54, 1.807) is 4.90 Å². The fourth-order valence-electron chi connectivity index (χ4n) is 2.36. The van der Waals surface area contributed by atoms with E-state index in [4.69, 9.17) is 9.84 Å². The van der Waals surface area contributed by atoms with Crippen molar-refractivity contribution in [2.45, 2.75) is 25.9 Å². The minimum atomic E-state index is -0.464. The third-order valence-electron chi connectivity index (χ3n) is 3.42. The van der Waals surface area contributed by atoms with E-state index >= 15 is 0 Å². The van der Waals surface area contributed by atoms with Gasteiger partial charge in [0.15, 0.2) is 6.10 Å². The standard InChI is InChI=1S/C14H19NO3/c1-3-15(8-9-16)14(17)13-10(2)11-6-4-5-7-12(11)18-13/h4-7,10,13,16H,3,8-9H2,1-2H3. The Balaban J connectivity index is 2.15. The van der Waals surface area contributed by atoms with Crippen molar-refractivity contribution < 1.29 is 14.6 Å². The van der Waals surface area contributed by atoms with Gasteiger partial charge >= 0.3 is 0 Å². The average molecular weight is 249 g/mol. The molecule has 98 valence electrons. The number of hydrogen-bond acceptors (Lipinski definition) is 3. The maximum absolute atomic E-state index is 12.3. The van der Waals surface area contributed by atoms with Crippen LogP contribution in [0.3, 0.4) is 0 Å². The summed E-state index contributed by atoms with van der Waals surface area (Å²) in [4.78, 5) is 14.0. The van der Waals surface area contributed by atoms with Gasteiger partial charge in [-0.15, -0.1) is 0 Å². The van der Waals surface area contributed by atoms with Crippen LogP contribution in [0.25, 0.3) is 0 Å². The summed E-state index contributed by atoms with van der Waals surface area (Å²) in [6.45, 7) is 4.83. The third kappa shape index (κ3) is 2.20. The summed E-state index contributed by atoms with van der Waals surface area (Å²) in [5.41, 5.74) is 1.08. The zero-order chi connectivity index (χ0) is 13.1. The van der Waals surface area contributed by atoms with Crippen molar-refractivity contribution in [1.82, 2.24) is 4.90 Å². The molecule has 0 bridgehead atoms. The molecule has 0 spiro atoms. The van der Waals surface area contributed by atoms with Gasteiger partial charge in [-0.2, -0.15) is 0 Å². The van der Waals surface area contributed by atoms with Crippen LogP contribution in [0.4, 0.5) is 0 Å². The molecule has 1 aromatic rings. The topological polar surface area (TPSA) is 49.8 Å². The predicted molar refractivity (Wildman–Crippen MR) is 68.6 cm³/mol. The Bertz CT molecular complexity index is 433. The van der Waals surface area contributed by atoms with Crippen LogP contribution in [0.5, 0.6) is 5.75 Å². The summed E-state index contributed by atoms with van der Waals surface area (Å²) < 4.78 is 5.74. The molecule has 2 rings (SSSR count). The van der Waals surface area contributed by atoms with Crippen molar-refractivity contribution in [3.8, 4) is 5.75 Å². The number of nitrogens with zero attached hydrogens (tertiary/aromatic N) is 1. The molecule has 1 amide bonds. The van der Waals surface area contributed by atoms with Gasteiger partial charge in [0.05, 0.1) is 6.61 Å². The summed E-state index contributed by atoms with van der Waals surface area (Å²) in [6.07, 6.45) is -0.464. The monoisotopic (exact) mass is 249 g/mol. The van der Waals surface area contributed by atoms with Gasteiger partial charge in [-0.05, 0) is 13.0 Å². The molecule has 18 heavy (non-hydrogen) atoms. The summed E-state index contributed by atoms with van der Waals surface area (Å²) in [5, 5.41) is 8.96. The van der Waals surface area contributed by atoms with Crippen molar-refractivity contribution in [1.29, 1.82) is 0 Å². The Morgan fingerprint density at radius 1 is 1.44 bits per heavy atom. The molecule has 0 radical (unpaired) electrons. The lowest BCUT2D eigenvalue weighted by molar-refractivity contribution is -0.139. The van der Waals surface area contributed by atoms with E-state index in [1.165, 1.54) is 0 Å². The second kappa shape index (κ2) is 5.40. The highest BCUT2D eigenvalue weighted by molar-refractivity contribution is 5.83. The lowest BCUT2D eigenvalue weighted by Gasteiger charge is -2.24. The summed E-state index contributed by atoms with van der Waals surface area (Å²) in [6, 6.07) is 7.75. The number of aliphatic hydroxyl groups is 1. The highest BCUT2D eigenvalue weighted by Gasteiger charge is 2.37. The molecule has 1 N–H and O–H groups in total. The first-order valence-corrected chi connectivity index (χ1v) is 6.34. The molecule has 4 nitrogen and oxygen atoms in total. The molecule has 2 atom stereocenters. The molecule has 0 saturated heterocycles. The number of benzene rings is 1. The summed E-state index contributed by atoms with van der Waals surface area (Å²) in [7, 11) is 0. The molecule has 0 aromatic heterocycles. The smallest absolute Gasteiger partial charge is 0.264 e. The van der Waals surface area contributed by atoms with Gasteiger partial charge < -0.3 is 14.7 Å². The van der Waals surface area contributed by atoms with Gasteiger partial charge in [0.1, 0.15) is 5.75 Å². The van der Waals surface area contributed by atoms with Crippen LogP contribution < -0.4 is 4.74 Å². The highest BCUT2D eigenvalue weighted by atomic mass is 16.5. The van der Waals surface area contributed by atoms with E-state index in [9.17, 15) is 4.79 Å². The fourth-order valence-corrected chi connectivity index (χ4v) is 2.36. The Morgan fingerprint density at radius 3 is 2.78 bits per heavy atom. The lowest BCUT2D eigenvalue weighted by Crippen LogP contribution is -2.43. The van der Waals surface area contributed by atoms with Crippen molar-refractivity contribution >= 4 is 5.91 Å². The molecule has 1 aromatic carbocycles. The predicted octanol–water partition coefficient (Wildman–Crippen LogP) is 1.39. The molecule has 4 heteroatoms. The molecule has 1 aliphatic heterocycles. The number of rotatable bonds is 4. The van der Waals surface area contributed by atoms with E-state index in [0.29, 0.717) is 13.1 Å². The summed E-state index contributed by atoms with van der Waals surface area (Å²) in [5.74, 6) is 0.806. The number of amides is 1. The van der Waals surface area contributed by atoms with Crippen molar-refractivity contribution in [3.63, 3.8) is 0 Å². The van der Waals surface area contributed by atoms with Gasteiger partial charge in [-0.1, -0.05) is 25.1 Å². The van der Waals surface area contributed by atoms with Crippen LogP contribution in [0, 0.1) is 0 Å². The number of fused-ring (bicyclic) bond motifs is 1. The highest BCUT2D eigenvalue weighted by Crippen LogP contribution is 2.38. The number of likely N-dealkylation sites (N-methyl/N-ethyl adjacent to an activating group) is 1. The molecular weight excluding hydrogens is 230 g/mol. The van der Waals surface area contributed by atoms with Gasteiger partial charge in [0, 0.05) is 24.6 Å². The SMILES string of the molecule is CCN(CCO)C(=O)C1Oc2ccccc2C1C. The number of ether oxygens (including phenoxy) is 1. The second-order valence-electron chi connectivity index (χ2n) is 4.51. The van der Waals surface area contributed by atoms with Crippen LogP contribution in [0.15, 0.2) is 24.3 Å². The van der Waals surface area contributed by atoms with E-state index < -0.39 is 6.10 Å². The number of para-hydroxylation sites is 1. The summed E-state index contributed by atoms with van der Waals surface area (Å²) >= 11 is 0. The molecule has 2 unspecified atom stereocenters. The van der Waals surface area contributed by atoms with E-state index in [2.05, 4.69) is 0 Å². The molecule has 1 heterocycles. The lowest BCUT2D eigenvalue weighted by atomic mass is 9.97. The average Bonchev–Trinajstić information content (AvgIpc) is 2.73. The van der Waals surface area contributed by atoms with Gasteiger partial charge in [-0.25, -0.2) is 0 Å². The van der Waals surface area contributed by atoms with Crippen LogP contribution in [0.2, 0.25) is 0 Å². The van der Waals surface area contributed by atoms with Crippen LogP contribution in [0.1, 0.15) is 25.3 Å². The van der Waals surface area contributed by atoms with Crippen LogP contribution >= 0.6 is 0 Å². The molecule has 1 aliphatic rings. The first kappa shape index (κ1) is 12.9. The molecular formula is C14H19NO3. The number of aliphatic hydroxyl groups excluding tert-OH is 1. The first-order chi connectivity index (χ1) is 8.69. The van der Waals surface area contributed by atoms with Gasteiger partial charge in [-0.3, -0.25) is 4.79 Å². The Kier molecular flexibility index (Phi) is 3.87. The van der Waals surface area contributed by atoms with E-state index in [1.807, 2.05) is 38.1 Å². The molecule has 0 fully saturated rings. The maximum Gasteiger partial charge on any atom is 0.264 e. The number of carbonyl (C=O) groups excluding carboxylic acids is 1. The van der Waals surface area contributed by atoms with Crippen LogP contribution in [-0.4, -0.2) is 41.7 Å². The minimum absolute atomic E-state index is 0.0202. The van der Waals surface area contributed by atoms with Crippen molar-refractivity contribution in [2.75, 3.05) is 19.7 Å². The van der Waals surface area contributed by atoms with Gasteiger partial charge in [0.2, 0.25) is 0 Å². The Hall–Kier alpha value is -1.55. The molecule has 0 aliphatic carbocycles. The van der Waals surface area contributed by atoms with E-state index in [0.717, 1.165) is 11.3 Å². The maximum atomic E-state index is 12.3. The largest absolute Gasteiger partial charge is 0.480 e. The van der Waals surface area contributed by atoms with Crippen LogP contribution in [-0.2, 0) is 4.79 Å². The number of carbonyl (C=O) groups is 1. The third-order valence-corrected chi connectivity index (χ3v) is 3.42. The second-order valence-corrected chi connectivity index (χ2v) is 4.51. The first-order valence-electron chi connectivity index (χ1n) is 6.34. The van der Waals surface area contributed by atoms with Crippen molar-refractivity contribution in [3.05, 3.63) is 29.8 Å². The Labute approximate surface area is 107 Å². The quantitative estimate of drug-likeness (QED) is 0.877. The van der Waals surface area contributed by atoms with E-state index in [-0.39, 0.29) is 18.4 Å². The fraction of sp³-hybridized carbons (Fsp3) is 0.500. The van der Waals surface area contributed by atoms with Gasteiger partial charge in [0.25, 0.3) is 5.91 Å². The molecule has 0 saturated carbocycles. The number of hydrogen-bond donors (Lipinski definition) is 1.